The summed E-state index contributed by atoms with van der Waals surface area (Å²) < 4.78 is 7.71. The molecule has 3 nitrogen and oxygen atoms in total. The van der Waals surface area contributed by atoms with E-state index in [2.05, 4.69) is 45.6 Å². The smallest absolute Gasteiger partial charge is 0.0624 e. The second-order valence-electron chi connectivity index (χ2n) is 4.91. The molecule has 17 heavy (non-hydrogen) atoms. The Hall–Kier alpha value is -0.350. The van der Waals surface area contributed by atoms with Gasteiger partial charge in [-0.15, -0.1) is 0 Å². The number of alkyl halides is 1. The van der Waals surface area contributed by atoms with Crippen molar-refractivity contribution in [1.82, 2.24) is 9.78 Å². The van der Waals surface area contributed by atoms with Crippen molar-refractivity contribution in [3.8, 4) is 0 Å². The Kier molecular flexibility index (Phi) is 4.26. The first-order chi connectivity index (χ1) is 8.23. The highest BCUT2D eigenvalue weighted by Crippen LogP contribution is 2.34. The predicted octanol–water partition coefficient (Wildman–Crippen LogP) is 2.81. The molecule has 1 aliphatic rings. The standard InChI is InChI=1S/C13H21BrN2O/c1-3-11-7-12(16(4-2)15-11)8-13(9-14)5-6-17-10-13/h7H,3-6,8-10H2,1-2H3. The summed E-state index contributed by atoms with van der Waals surface area (Å²) in [4.78, 5) is 0. The number of hydrogen-bond donors (Lipinski definition) is 0. The first-order valence-electron chi connectivity index (χ1n) is 6.42. The van der Waals surface area contributed by atoms with E-state index in [1.807, 2.05) is 0 Å². The van der Waals surface area contributed by atoms with Gasteiger partial charge in [-0.3, -0.25) is 4.68 Å². The van der Waals surface area contributed by atoms with Gasteiger partial charge in [-0.25, -0.2) is 0 Å². The molecule has 0 amide bonds. The van der Waals surface area contributed by atoms with Gasteiger partial charge in [-0.2, -0.15) is 5.10 Å². The summed E-state index contributed by atoms with van der Waals surface area (Å²) in [5, 5.41) is 5.63. The molecule has 4 heteroatoms. The quantitative estimate of drug-likeness (QED) is 0.782. The normalized spacial score (nSPS) is 24.4. The summed E-state index contributed by atoms with van der Waals surface area (Å²) in [6, 6.07) is 2.26. The lowest BCUT2D eigenvalue weighted by molar-refractivity contribution is 0.161. The zero-order valence-corrected chi connectivity index (χ0v) is 12.3. The highest BCUT2D eigenvalue weighted by molar-refractivity contribution is 9.09. The molecule has 0 bridgehead atoms. The topological polar surface area (TPSA) is 27.1 Å². The van der Waals surface area contributed by atoms with Crippen LogP contribution in [0.2, 0.25) is 0 Å². The molecule has 0 radical (unpaired) electrons. The van der Waals surface area contributed by atoms with Crippen LogP contribution in [0.4, 0.5) is 0 Å². The maximum Gasteiger partial charge on any atom is 0.0624 e. The number of aromatic nitrogens is 2. The van der Waals surface area contributed by atoms with Crippen molar-refractivity contribution >= 4 is 15.9 Å². The van der Waals surface area contributed by atoms with E-state index in [-0.39, 0.29) is 5.41 Å². The average molecular weight is 301 g/mol. The number of hydrogen-bond acceptors (Lipinski definition) is 2. The van der Waals surface area contributed by atoms with Crippen molar-refractivity contribution in [3.63, 3.8) is 0 Å². The molecule has 1 aliphatic heterocycles. The minimum atomic E-state index is 0.276. The van der Waals surface area contributed by atoms with Crippen molar-refractivity contribution in [2.45, 2.75) is 39.7 Å². The molecule has 2 rings (SSSR count). The third-order valence-electron chi connectivity index (χ3n) is 3.60. The molecule has 0 N–H and O–H groups in total. The van der Waals surface area contributed by atoms with Gasteiger partial charge in [0, 0.05) is 29.6 Å². The van der Waals surface area contributed by atoms with Gasteiger partial charge in [0.1, 0.15) is 0 Å². The number of halogens is 1. The molecule has 1 saturated heterocycles. The maximum atomic E-state index is 5.57. The van der Waals surface area contributed by atoms with Crippen LogP contribution >= 0.6 is 15.9 Å². The minimum absolute atomic E-state index is 0.276. The Labute approximate surface area is 112 Å². The van der Waals surface area contributed by atoms with Gasteiger partial charge in [0.25, 0.3) is 0 Å². The van der Waals surface area contributed by atoms with E-state index in [0.717, 1.165) is 44.4 Å². The lowest BCUT2D eigenvalue weighted by Crippen LogP contribution is -2.27. The van der Waals surface area contributed by atoms with Gasteiger partial charge < -0.3 is 4.74 Å². The second-order valence-corrected chi connectivity index (χ2v) is 5.47. The second kappa shape index (κ2) is 5.53. The van der Waals surface area contributed by atoms with Crippen LogP contribution in [-0.2, 0) is 24.1 Å². The number of ether oxygens (including phenoxy) is 1. The summed E-state index contributed by atoms with van der Waals surface area (Å²) >= 11 is 3.65. The summed E-state index contributed by atoms with van der Waals surface area (Å²) in [7, 11) is 0. The molecule has 1 aromatic heterocycles. The fourth-order valence-corrected chi connectivity index (χ4v) is 3.07. The van der Waals surface area contributed by atoms with Crippen LogP contribution in [0.25, 0.3) is 0 Å². The largest absolute Gasteiger partial charge is 0.381 e. The van der Waals surface area contributed by atoms with Gasteiger partial charge in [-0.05, 0) is 32.3 Å². The van der Waals surface area contributed by atoms with Crippen molar-refractivity contribution in [2.24, 2.45) is 5.41 Å². The van der Waals surface area contributed by atoms with Gasteiger partial charge >= 0.3 is 0 Å². The molecule has 0 aliphatic carbocycles. The first kappa shape index (κ1) is 13.1. The molecule has 1 atom stereocenters. The van der Waals surface area contributed by atoms with E-state index < -0.39 is 0 Å². The van der Waals surface area contributed by atoms with E-state index in [4.69, 9.17) is 4.74 Å². The van der Waals surface area contributed by atoms with Gasteiger partial charge in [-0.1, -0.05) is 22.9 Å². The van der Waals surface area contributed by atoms with Crippen LogP contribution < -0.4 is 0 Å². The predicted molar refractivity (Wildman–Crippen MR) is 72.6 cm³/mol. The molecule has 0 aromatic carbocycles. The fourth-order valence-electron chi connectivity index (χ4n) is 2.43. The SMILES string of the molecule is CCc1cc(CC2(CBr)CCOC2)n(CC)n1. The molecular weight excluding hydrogens is 280 g/mol. The van der Waals surface area contributed by atoms with E-state index in [1.165, 1.54) is 11.4 Å². The Morgan fingerprint density at radius 3 is 2.88 bits per heavy atom. The Morgan fingerprint density at radius 2 is 2.35 bits per heavy atom. The maximum absolute atomic E-state index is 5.57. The molecule has 96 valence electrons. The molecule has 0 saturated carbocycles. The van der Waals surface area contributed by atoms with Gasteiger partial charge in [0.2, 0.25) is 0 Å². The molecule has 1 fully saturated rings. The lowest BCUT2D eigenvalue weighted by atomic mass is 9.84. The Bertz CT molecular complexity index is 369. The zero-order chi connectivity index (χ0) is 12.3. The number of nitrogens with zero attached hydrogens (tertiary/aromatic N) is 2. The molecule has 1 unspecified atom stereocenters. The van der Waals surface area contributed by atoms with E-state index in [0.29, 0.717) is 0 Å². The van der Waals surface area contributed by atoms with Crippen LogP contribution in [-0.4, -0.2) is 28.3 Å². The Morgan fingerprint density at radius 1 is 1.53 bits per heavy atom. The summed E-state index contributed by atoms with van der Waals surface area (Å²) in [5.41, 5.74) is 2.83. The summed E-state index contributed by atoms with van der Waals surface area (Å²) in [6.45, 7) is 7.03. The molecule has 0 spiro atoms. The van der Waals surface area contributed by atoms with E-state index in [1.54, 1.807) is 0 Å². The van der Waals surface area contributed by atoms with Crippen LogP contribution in [0, 0.1) is 5.41 Å². The monoisotopic (exact) mass is 300 g/mol. The van der Waals surface area contributed by atoms with E-state index >= 15 is 0 Å². The highest BCUT2D eigenvalue weighted by Gasteiger charge is 2.35. The minimum Gasteiger partial charge on any atom is -0.381 e. The van der Waals surface area contributed by atoms with Gasteiger partial charge in [0.05, 0.1) is 12.3 Å². The molecule has 2 heterocycles. The average Bonchev–Trinajstić information content (AvgIpc) is 2.97. The van der Waals surface area contributed by atoms with Crippen LogP contribution in [0.1, 0.15) is 31.7 Å². The van der Waals surface area contributed by atoms with Crippen LogP contribution in [0.3, 0.4) is 0 Å². The fraction of sp³-hybridized carbons (Fsp3) is 0.769. The van der Waals surface area contributed by atoms with Crippen molar-refractivity contribution < 1.29 is 4.74 Å². The first-order valence-corrected chi connectivity index (χ1v) is 7.54. The van der Waals surface area contributed by atoms with Crippen LogP contribution in [0.5, 0.6) is 0 Å². The zero-order valence-electron chi connectivity index (χ0n) is 10.7. The number of rotatable bonds is 5. The van der Waals surface area contributed by atoms with Crippen LogP contribution in [0.15, 0.2) is 6.07 Å². The summed E-state index contributed by atoms with van der Waals surface area (Å²) in [5.74, 6) is 0. The molecular formula is C13H21BrN2O. The van der Waals surface area contributed by atoms with E-state index in [9.17, 15) is 0 Å². The Balaban J connectivity index is 2.18. The third kappa shape index (κ3) is 2.74. The van der Waals surface area contributed by atoms with Crippen molar-refractivity contribution in [3.05, 3.63) is 17.5 Å². The van der Waals surface area contributed by atoms with Crippen molar-refractivity contribution in [2.75, 3.05) is 18.5 Å². The highest BCUT2D eigenvalue weighted by atomic mass is 79.9. The number of aryl methyl sites for hydroxylation is 2. The third-order valence-corrected chi connectivity index (χ3v) is 4.79. The summed E-state index contributed by atoms with van der Waals surface area (Å²) in [6.07, 6.45) is 3.23. The van der Waals surface area contributed by atoms with Crippen molar-refractivity contribution in [1.29, 1.82) is 0 Å². The van der Waals surface area contributed by atoms with Gasteiger partial charge in [0.15, 0.2) is 0 Å². The molecule has 1 aromatic rings. The lowest BCUT2D eigenvalue weighted by Gasteiger charge is -2.24.